The second kappa shape index (κ2) is 10.6. The van der Waals surface area contributed by atoms with E-state index in [2.05, 4.69) is 21.4 Å². The molecule has 0 radical (unpaired) electrons. The molecule has 2 aromatic carbocycles. The number of benzene rings is 2. The van der Waals surface area contributed by atoms with Crippen LogP contribution in [0.25, 0.3) is 0 Å². The van der Waals surface area contributed by atoms with Crippen molar-refractivity contribution >= 4 is 44.5 Å². The van der Waals surface area contributed by atoms with Crippen molar-refractivity contribution in [1.29, 1.82) is 0 Å². The summed E-state index contributed by atoms with van der Waals surface area (Å²) >= 11 is 7.39. The van der Waals surface area contributed by atoms with Crippen LogP contribution in [0.4, 0.5) is 0 Å². The molecule has 2 aromatic rings. The highest BCUT2D eigenvalue weighted by molar-refractivity contribution is 8.13. The third kappa shape index (κ3) is 5.78. The van der Waals surface area contributed by atoms with Gasteiger partial charge in [-0.05, 0) is 49.5 Å². The zero-order valence-electron chi connectivity index (χ0n) is 18.8. The zero-order chi connectivity index (χ0) is 23.4. The normalized spacial score (nSPS) is 21.2. The summed E-state index contributed by atoms with van der Waals surface area (Å²) in [5.74, 6) is -0.0146. The minimum absolute atomic E-state index is 0.0146. The van der Waals surface area contributed by atoms with Gasteiger partial charge >= 0.3 is 10.2 Å². The van der Waals surface area contributed by atoms with Gasteiger partial charge in [0.1, 0.15) is 0 Å². The van der Waals surface area contributed by atoms with Gasteiger partial charge in [0.05, 0.1) is 12.3 Å². The highest BCUT2D eigenvalue weighted by Crippen LogP contribution is 2.31. The number of rotatable bonds is 4. The van der Waals surface area contributed by atoms with E-state index in [-0.39, 0.29) is 5.92 Å². The Labute approximate surface area is 205 Å². The number of likely N-dealkylation sites (N-methyl/N-ethyl adjacent to an activating group) is 1. The monoisotopic (exact) mass is 505 g/mol. The molecule has 1 atom stereocenters. The second-order valence-electron chi connectivity index (χ2n) is 8.15. The van der Waals surface area contributed by atoms with Crippen LogP contribution >= 0.6 is 23.4 Å². The van der Waals surface area contributed by atoms with Crippen molar-refractivity contribution < 1.29 is 8.42 Å². The first-order chi connectivity index (χ1) is 15.9. The molecular weight excluding hydrogens is 478 g/mol. The molecule has 2 aliphatic heterocycles. The number of hydrazone groups is 1. The van der Waals surface area contributed by atoms with Crippen LogP contribution in [0.2, 0.25) is 5.02 Å². The van der Waals surface area contributed by atoms with Gasteiger partial charge in [-0.1, -0.05) is 65.8 Å². The molecule has 10 heteroatoms. The molecule has 1 unspecified atom stereocenters. The van der Waals surface area contributed by atoms with E-state index < -0.39 is 10.2 Å². The standard InChI is InChI=1S/C23H28ClN5O2S2/c1-27-13-6-14-28(16-15-27)33(30,31)26-23(32-2)29-17-21(18-7-4-3-5-8-18)22(25-29)19-9-11-20(24)12-10-19/h3-5,7-12,21H,6,13-17H2,1-2H3/b26-23-. The van der Waals surface area contributed by atoms with Crippen molar-refractivity contribution in [3.05, 3.63) is 70.7 Å². The van der Waals surface area contributed by atoms with Gasteiger partial charge in [0.25, 0.3) is 0 Å². The van der Waals surface area contributed by atoms with Crippen LogP contribution < -0.4 is 0 Å². The third-order valence-electron chi connectivity index (χ3n) is 5.86. The largest absolute Gasteiger partial charge is 0.324 e. The van der Waals surface area contributed by atoms with Gasteiger partial charge in [0.15, 0.2) is 5.17 Å². The smallest absolute Gasteiger partial charge is 0.305 e. The molecule has 2 aliphatic rings. The first kappa shape index (κ1) is 24.2. The lowest BCUT2D eigenvalue weighted by molar-refractivity contribution is 0.347. The van der Waals surface area contributed by atoms with Crippen LogP contribution in [-0.4, -0.2) is 79.5 Å². The summed E-state index contributed by atoms with van der Waals surface area (Å²) in [7, 11) is -1.80. The van der Waals surface area contributed by atoms with Crippen LogP contribution in [0.1, 0.15) is 23.5 Å². The molecule has 176 valence electrons. The van der Waals surface area contributed by atoms with Crippen LogP contribution in [-0.2, 0) is 10.2 Å². The summed E-state index contributed by atoms with van der Waals surface area (Å²) in [6.07, 6.45) is 2.62. The van der Waals surface area contributed by atoms with E-state index in [1.165, 1.54) is 16.1 Å². The molecule has 0 aliphatic carbocycles. The SMILES string of the molecule is CS/C(=N\S(=O)(=O)N1CCCN(C)CC1)N1CC(c2ccccc2)C(c2ccc(Cl)cc2)=N1. The lowest BCUT2D eigenvalue weighted by Crippen LogP contribution is -2.35. The second-order valence-corrected chi connectivity index (χ2v) is 11.0. The predicted octanol–water partition coefficient (Wildman–Crippen LogP) is 3.74. The highest BCUT2D eigenvalue weighted by Gasteiger charge is 2.33. The summed E-state index contributed by atoms with van der Waals surface area (Å²) in [6.45, 7) is 3.01. The van der Waals surface area contributed by atoms with Crippen molar-refractivity contribution in [1.82, 2.24) is 14.2 Å². The van der Waals surface area contributed by atoms with E-state index in [0.717, 1.165) is 29.8 Å². The Morgan fingerprint density at radius 1 is 1.06 bits per heavy atom. The van der Waals surface area contributed by atoms with Gasteiger partial charge in [-0.25, -0.2) is 5.01 Å². The summed E-state index contributed by atoms with van der Waals surface area (Å²) in [6, 6.07) is 17.7. The van der Waals surface area contributed by atoms with E-state index in [1.807, 2.05) is 55.8 Å². The number of amidine groups is 1. The molecular formula is C23H28ClN5O2S2. The lowest BCUT2D eigenvalue weighted by atomic mass is 9.91. The van der Waals surface area contributed by atoms with Crippen molar-refractivity contribution in [2.75, 3.05) is 46.0 Å². The maximum absolute atomic E-state index is 13.1. The van der Waals surface area contributed by atoms with Crippen LogP contribution in [0.3, 0.4) is 0 Å². The van der Waals surface area contributed by atoms with Crippen molar-refractivity contribution in [3.8, 4) is 0 Å². The van der Waals surface area contributed by atoms with Gasteiger partial charge in [-0.3, -0.25) is 0 Å². The van der Waals surface area contributed by atoms with Gasteiger partial charge < -0.3 is 4.90 Å². The van der Waals surface area contributed by atoms with Gasteiger partial charge in [0, 0.05) is 30.6 Å². The Hall–Kier alpha value is -1.91. The fraction of sp³-hybridized carbons (Fsp3) is 0.391. The maximum Gasteiger partial charge on any atom is 0.324 e. The summed E-state index contributed by atoms with van der Waals surface area (Å²) in [5, 5.41) is 7.59. The number of nitrogens with zero attached hydrogens (tertiary/aromatic N) is 5. The van der Waals surface area contributed by atoms with Crippen molar-refractivity contribution in [2.45, 2.75) is 12.3 Å². The summed E-state index contributed by atoms with van der Waals surface area (Å²) in [5.41, 5.74) is 2.94. The van der Waals surface area contributed by atoms with E-state index in [9.17, 15) is 8.42 Å². The molecule has 0 bridgehead atoms. The molecule has 0 aromatic heterocycles. The molecule has 2 heterocycles. The minimum atomic E-state index is -3.80. The van der Waals surface area contributed by atoms with E-state index in [0.29, 0.717) is 36.4 Å². The minimum Gasteiger partial charge on any atom is -0.305 e. The average Bonchev–Trinajstić information content (AvgIpc) is 3.13. The molecule has 0 spiro atoms. The van der Waals surface area contributed by atoms with Crippen molar-refractivity contribution in [3.63, 3.8) is 0 Å². The Morgan fingerprint density at radius 3 is 2.48 bits per heavy atom. The third-order valence-corrected chi connectivity index (χ3v) is 8.31. The van der Waals surface area contributed by atoms with Gasteiger partial charge in [-0.2, -0.15) is 17.8 Å². The summed E-state index contributed by atoms with van der Waals surface area (Å²) < 4.78 is 32.0. The number of hydrogen-bond acceptors (Lipinski definition) is 5. The van der Waals surface area contributed by atoms with Crippen LogP contribution in [0.15, 0.2) is 64.1 Å². The van der Waals surface area contributed by atoms with Gasteiger partial charge in [-0.15, -0.1) is 4.40 Å². The number of hydrogen-bond donors (Lipinski definition) is 0. The zero-order valence-corrected chi connectivity index (χ0v) is 21.2. The predicted molar refractivity (Wildman–Crippen MR) is 137 cm³/mol. The number of halogens is 1. The van der Waals surface area contributed by atoms with Crippen LogP contribution in [0, 0.1) is 0 Å². The van der Waals surface area contributed by atoms with Crippen molar-refractivity contribution in [2.24, 2.45) is 9.50 Å². The molecule has 4 rings (SSSR count). The molecule has 1 fully saturated rings. The van der Waals surface area contributed by atoms with E-state index in [4.69, 9.17) is 16.7 Å². The maximum atomic E-state index is 13.1. The lowest BCUT2D eigenvalue weighted by Gasteiger charge is -2.20. The van der Waals surface area contributed by atoms with E-state index >= 15 is 0 Å². The Kier molecular flexibility index (Phi) is 7.76. The first-order valence-electron chi connectivity index (χ1n) is 10.9. The molecule has 0 saturated carbocycles. The first-order valence-corrected chi connectivity index (χ1v) is 13.9. The van der Waals surface area contributed by atoms with E-state index in [1.54, 1.807) is 5.01 Å². The Balaban J connectivity index is 1.66. The molecule has 33 heavy (non-hydrogen) atoms. The molecule has 0 N–H and O–H groups in total. The average molecular weight is 506 g/mol. The fourth-order valence-electron chi connectivity index (χ4n) is 4.05. The number of thioether (sulfide) groups is 1. The Bertz CT molecular complexity index is 1120. The summed E-state index contributed by atoms with van der Waals surface area (Å²) in [4.78, 5) is 2.14. The fourth-order valence-corrected chi connectivity index (χ4v) is 6.16. The molecule has 1 saturated heterocycles. The topological polar surface area (TPSA) is 68.6 Å². The Morgan fingerprint density at radius 2 is 1.79 bits per heavy atom. The van der Waals surface area contributed by atoms with Gasteiger partial charge in [0.2, 0.25) is 0 Å². The molecule has 0 amide bonds. The highest BCUT2D eigenvalue weighted by atomic mass is 35.5. The quantitative estimate of drug-likeness (QED) is 0.467. The van der Waals surface area contributed by atoms with Crippen LogP contribution in [0.5, 0.6) is 0 Å². The molecule has 7 nitrogen and oxygen atoms in total.